The van der Waals surface area contributed by atoms with Gasteiger partial charge in [0.2, 0.25) is 5.95 Å². The summed E-state index contributed by atoms with van der Waals surface area (Å²) in [6, 6.07) is 12.6. The van der Waals surface area contributed by atoms with Gasteiger partial charge in [0.15, 0.2) is 0 Å². The number of ether oxygens (including phenoxy) is 2. The van der Waals surface area contributed by atoms with Gasteiger partial charge in [-0.1, -0.05) is 6.07 Å². The van der Waals surface area contributed by atoms with Crippen LogP contribution >= 0.6 is 0 Å². The van der Waals surface area contributed by atoms with Gasteiger partial charge in [0.1, 0.15) is 17.4 Å². The Labute approximate surface area is 182 Å². The van der Waals surface area contributed by atoms with E-state index in [9.17, 15) is 4.39 Å². The highest BCUT2D eigenvalue weighted by molar-refractivity contribution is 5.60. The van der Waals surface area contributed by atoms with Crippen molar-refractivity contribution >= 4 is 17.5 Å². The molecule has 1 unspecified atom stereocenters. The zero-order valence-electron chi connectivity index (χ0n) is 18.3. The van der Waals surface area contributed by atoms with Crippen LogP contribution in [0.15, 0.2) is 42.5 Å². The molecule has 7 heteroatoms. The molecule has 4 rings (SSSR count). The number of hydrogen-bond donors (Lipinski definition) is 1. The van der Waals surface area contributed by atoms with Crippen molar-refractivity contribution in [1.29, 1.82) is 0 Å². The molecule has 0 amide bonds. The number of halogens is 1. The highest BCUT2D eigenvalue weighted by Crippen LogP contribution is 2.36. The molecule has 0 bridgehead atoms. The molecule has 1 aromatic heterocycles. The molecule has 1 aliphatic rings. The highest BCUT2D eigenvalue weighted by Gasteiger charge is 2.28. The molecular formula is C24H27FN4O2. The van der Waals surface area contributed by atoms with E-state index in [1.54, 1.807) is 26.4 Å². The number of rotatable bonds is 6. The van der Waals surface area contributed by atoms with Crippen LogP contribution in [0.3, 0.4) is 0 Å². The van der Waals surface area contributed by atoms with Crippen molar-refractivity contribution in [3.05, 3.63) is 70.7 Å². The average molecular weight is 423 g/mol. The van der Waals surface area contributed by atoms with Crippen LogP contribution in [-0.4, -0.2) is 30.7 Å². The molecule has 162 valence electrons. The molecule has 3 aromatic rings. The van der Waals surface area contributed by atoms with Crippen molar-refractivity contribution in [2.24, 2.45) is 0 Å². The molecule has 1 N–H and O–H groups in total. The number of anilines is 3. The van der Waals surface area contributed by atoms with Gasteiger partial charge in [-0.05, 0) is 67.8 Å². The van der Waals surface area contributed by atoms with E-state index >= 15 is 0 Å². The second kappa shape index (κ2) is 8.89. The lowest BCUT2D eigenvalue weighted by Gasteiger charge is -2.37. The van der Waals surface area contributed by atoms with Crippen LogP contribution in [0.4, 0.5) is 21.8 Å². The van der Waals surface area contributed by atoms with Crippen LogP contribution in [0.25, 0.3) is 0 Å². The zero-order valence-corrected chi connectivity index (χ0v) is 18.3. The maximum Gasteiger partial charge on any atom is 0.229 e. The van der Waals surface area contributed by atoms with E-state index in [1.807, 2.05) is 13.0 Å². The number of hydrogen-bond acceptors (Lipinski definition) is 6. The number of aromatic nitrogens is 2. The second-order valence-corrected chi connectivity index (χ2v) is 7.69. The highest BCUT2D eigenvalue weighted by atomic mass is 19.1. The first kappa shape index (κ1) is 21.1. The Morgan fingerprint density at radius 3 is 2.61 bits per heavy atom. The molecule has 0 saturated carbocycles. The first-order valence-electron chi connectivity index (χ1n) is 10.3. The van der Waals surface area contributed by atoms with E-state index in [0.717, 1.165) is 41.5 Å². The summed E-state index contributed by atoms with van der Waals surface area (Å²) in [6.07, 6.45) is 0.903. The standard InChI is InChI=1S/C24H27FN4O2/c1-15-22(14-30-3)27-24(26-19-7-5-18(25)6-8-19)28-23(15)29-12-11-17-13-20(31-4)9-10-21(17)16(29)2/h5-10,13,16H,11-12,14H2,1-4H3,(H,26,27,28). The predicted molar refractivity (Wildman–Crippen MR) is 120 cm³/mol. The molecule has 2 heterocycles. The monoisotopic (exact) mass is 422 g/mol. The van der Waals surface area contributed by atoms with Gasteiger partial charge in [-0.3, -0.25) is 0 Å². The van der Waals surface area contributed by atoms with Crippen molar-refractivity contribution in [3.63, 3.8) is 0 Å². The number of nitrogens with one attached hydrogen (secondary N) is 1. The van der Waals surface area contributed by atoms with Gasteiger partial charge in [0, 0.05) is 24.9 Å². The molecule has 2 aromatic carbocycles. The fourth-order valence-corrected chi connectivity index (χ4v) is 4.05. The fourth-order valence-electron chi connectivity index (χ4n) is 4.05. The minimum absolute atomic E-state index is 0.150. The first-order valence-corrected chi connectivity index (χ1v) is 10.3. The first-order chi connectivity index (χ1) is 15.0. The topological polar surface area (TPSA) is 59.5 Å². The van der Waals surface area contributed by atoms with E-state index < -0.39 is 0 Å². The molecular weight excluding hydrogens is 395 g/mol. The molecule has 1 aliphatic heterocycles. The van der Waals surface area contributed by atoms with Crippen molar-refractivity contribution in [2.75, 3.05) is 31.0 Å². The van der Waals surface area contributed by atoms with Crippen molar-refractivity contribution < 1.29 is 13.9 Å². The summed E-state index contributed by atoms with van der Waals surface area (Å²) in [6.45, 7) is 5.44. The molecule has 1 atom stereocenters. The Morgan fingerprint density at radius 2 is 1.90 bits per heavy atom. The van der Waals surface area contributed by atoms with Crippen LogP contribution in [0.2, 0.25) is 0 Å². The van der Waals surface area contributed by atoms with E-state index in [4.69, 9.17) is 14.5 Å². The molecule has 0 radical (unpaired) electrons. The maximum atomic E-state index is 13.3. The van der Waals surface area contributed by atoms with Crippen LogP contribution in [0.1, 0.15) is 35.3 Å². The Bertz CT molecular complexity index is 1070. The lowest BCUT2D eigenvalue weighted by atomic mass is 9.93. The molecule has 0 spiro atoms. The molecule has 6 nitrogen and oxygen atoms in total. The SMILES string of the molecule is COCc1nc(Nc2ccc(F)cc2)nc(N2CCc3cc(OC)ccc3C2C)c1C. The van der Waals surface area contributed by atoms with Gasteiger partial charge < -0.3 is 19.7 Å². The minimum atomic E-state index is -0.284. The fraction of sp³-hybridized carbons (Fsp3) is 0.333. The molecule has 0 aliphatic carbocycles. The summed E-state index contributed by atoms with van der Waals surface area (Å²) in [7, 11) is 3.35. The minimum Gasteiger partial charge on any atom is -0.497 e. The van der Waals surface area contributed by atoms with E-state index in [0.29, 0.717) is 12.6 Å². The largest absolute Gasteiger partial charge is 0.497 e. The smallest absolute Gasteiger partial charge is 0.229 e. The maximum absolute atomic E-state index is 13.3. The predicted octanol–water partition coefficient (Wildman–Crippen LogP) is 4.95. The number of methoxy groups -OCH3 is 2. The number of fused-ring (bicyclic) bond motifs is 1. The lowest BCUT2D eigenvalue weighted by molar-refractivity contribution is 0.181. The van der Waals surface area contributed by atoms with Gasteiger partial charge >= 0.3 is 0 Å². The Morgan fingerprint density at radius 1 is 1.13 bits per heavy atom. The summed E-state index contributed by atoms with van der Waals surface area (Å²) >= 11 is 0. The Hall–Kier alpha value is -3.19. The third-order valence-corrected chi connectivity index (χ3v) is 5.76. The van der Waals surface area contributed by atoms with Crippen LogP contribution in [-0.2, 0) is 17.8 Å². The van der Waals surface area contributed by atoms with Crippen LogP contribution < -0.4 is 15.0 Å². The second-order valence-electron chi connectivity index (χ2n) is 7.69. The van der Waals surface area contributed by atoms with Crippen LogP contribution in [0.5, 0.6) is 5.75 Å². The summed E-state index contributed by atoms with van der Waals surface area (Å²) in [5.74, 6) is 1.94. The number of benzene rings is 2. The van der Waals surface area contributed by atoms with Crippen molar-refractivity contribution in [2.45, 2.75) is 32.9 Å². The Kier molecular flexibility index (Phi) is 6.04. The van der Waals surface area contributed by atoms with Crippen molar-refractivity contribution in [3.8, 4) is 5.75 Å². The van der Waals surface area contributed by atoms with Gasteiger partial charge in [-0.15, -0.1) is 0 Å². The normalized spacial score (nSPS) is 15.5. The van der Waals surface area contributed by atoms with Crippen LogP contribution in [0, 0.1) is 12.7 Å². The van der Waals surface area contributed by atoms with E-state index in [2.05, 4.69) is 34.3 Å². The zero-order chi connectivity index (χ0) is 22.0. The van der Waals surface area contributed by atoms with Gasteiger partial charge in [0.05, 0.1) is 25.5 Å². The third-order valence-electron chi connectivity index (χ3n) is 5.76. The summed E-state index contributed by atoms with van der Waals surface area (Å²) in [5.41, 5.74) is 5.12. The summed E-state index contributed by atoms with van der Waals surface area (Å²) in [5, 5.41) is 3.20. The average Bonchev–Trinajstić information content (AvgIpc) is 2.78. The van der Waals surface area contributed by atoms with Crippen molar-refractivity contribution in [1.82, 2.24) is 9.97 Å². The number of nitrogens with zero attached hydrogens (tertiary/aromatic N) is 3. The Balaban J connectivity index is 1.70. The summed E-state index contributed by atoms with van der Waals surface area (Å²) in [4.78, 5) is 11.8. The molecule has 0 fully saturated rings. The quantitative estimate of drug-likeness (QED) is 0.607. The summed E-state index contributed by atoms with van der Waals surface area (Å²) < 4.78 is 24.0. The van der Waals surface area contributed by atoms with Gasteiger partial charge in [-0.25, -0.2) is 9.37 Å². The van der Waals surface area contributed by atoms with E-state index in [-0.39, 0.29) is 11.9 Å². The van der Waals surface area contributed by atoms with Gasteiger partial charge in [-0.2, -0.15) is 4.98 Å². The lowest BCUT2D eigenvalue weighted by Crippen LogP contribution is -2.35. The van der Waals surface area contributed by atoms with Gasteiger partial charge in [0.25, 0.3) is 0 Å². The third kappa shape index (κ3) is 4.32. The molecule has 0 saturated heterocycles. The van der Waals surface area contributed by atoms with E-state index in [1.165, 1.54) is 23.3 Å². The molecule has 31 heavy (non-hydrogen) atoms.